The summed E-state index contributed by atoms with van der Waals surface area (Å²) in [6, 6.07) is 10.8. The van der Waals surface area contributed by atoms with E-state index in [1.807, 2.05) is 32.4 Å². The normalized spacial score (nSPS) is 14.7. The Hall–Kier alpha value is -1.65. The lowest BCUT2D eigenvalue weighted by molar-refractivity contribution is 0.0342. The smallest absolute Gasteiger partial charge is 0.0682 e. The Morgan fingerprint density at radius 2 is 1.65 bits per heavy atom. The molecule has 1 aliphatic heterocycles. The van der Waals surface area contributed by atoms with E-state index in [0.29, 0.717) is 0 Å². The van der Waals surface area contributed by atoms with Gasteiger partial charge in [0.1, 0.15) is 0 Å². The van der Waals surface area contributed by atoms with Crippen LogP contribution in [-0.2, 0) is 16.7 Å². The molecule has 2 heterocycles. The Morgan fingerprint density at radius 1 is 1.00 bits per heavy atom. The lowest BCUT2D eigenvalue weighted by Gasteiger charge is -2.26. The third kappa shape index (κ3) is 6.58. The lowest BCUT2D eigenvalue weighted by atomic mass is 9.93. The van der Waals surface area contributed by atoms with Crippen LogP contribution in [-0.4, -0.2) is 41.0 Å². The van der Waals surface area contributed by atoms with Gasteiger partial charge in [0.05, 0.1) is 24.6 Å². The van der Waals surface area contributed by atoms with Gasteiger partial charge in [0.25, 0.3) is 0 Å². The Morgan fingerprint density at radius 3 is 2.23 bits per heavy atom. The summed E-state index contributed by atoms with van der Waals surface area (Å²) < 4.78 is 7.38. The second-order valence-electron chi connectivity index (χ2n) is 6.95. The highest BCUT2D eigenvalue weighted by Gasteiger charge is 2.17. The van der Waals surface area contributed by atoms with Crippen molar-refractivity contribution in [3.8, 4) is 5.69 Å². The van der Waals surface area contributed by atoms with Crippen molar-refractivity contribution in [3.05, 3.63) is 47.8 Å². The van der Waals surface area contributed by atoms with E-state index >= 15 is 0 Å². The molecular weight excluding hydrogens is 322 g/mol. The van der Waals surface area contributed by atoms with Crippen LogP contribution in [0.5, 0.6) is 0 Å². The first kappa shape index (κ1) is 22.4. The molecule has 2 aromatic rings. The first-order chi connectivity index (χ1) is 12.5. The molecule has 0 spiro atoms. The highest BCUT2D eigenvalue weighted by atomic mass is 16.5. The maximum Gasteiger partial charge on any atom is 0.0682 e. The van der Waals surface area contributed by atoms with Gasteiger partial charge in [0.15, 0.2) is 0 Å². The van der Waals surface area contributed by atoms with Gasteiger partial charge in [-0.1, -0.05) is 60.6 Å². The number of morpholine rings is 1. The summed E-state index contributed by atoms with van der Waals surface area (Å²) >= 11 is 0. The zero-order chi connectivity index (χ0) is 19.6. The molecule has 1 aliphatic rings. The van der Waals surface area contributed by atoms with Crippen molar-refractivity contribution in [2.24, 2.45) is 0 Å². The van der Waals surface area contributed by atoms with E-state index < -0.39 is 0 Å². The fourth-order valence-corrected chi connectivity index (χ4v) is 2.68. The maximum atomic E-state index is 5.41. The van der Waals surface area contributed by atoms with Gasteiger partial charge in [-0.15, -0.1) is 0 Å². The summed E-state index contributed by atoms with van der Waals surface area (Å²) in [6.07, 6.45) is 2.05. The average molecular weight is 360 g/mol. The first-order valence-corrected chi connectivity index (χ1v) is 9.98. The molecule has 1 fully saturated rings. The van der Waals surface area contributed by atoms with Crippen LogP contribution < -0.4 is 0 Å². The van der Waals surface area contributed by atoms with Crippen LogP contribution in [0.1, 0.15) is 59.7 Å². The molecule has 0 unspecified atom stereocenters. The van der Waals surface area contributed by atoms with Crippen LogP contribution in [0.15, 0.2) is 36.5 Å². The SMILES string of the molecule is CC.CC.CC(C)(C)c1ccn(-c2cccc(CN3CCOCC3)c2)n1. The summed E-state index contributed by atoms with van der Waals surface area (Å²) in [5.41, 5.74) is 3.65. The molecule has 1 aromatic carbocycles. The van der Waals surface area contributed by atoms with E-state index in [4.69, 9.17) is 9.84 Å². The highest BCUT2D eigenvalue weighted by molar-refractivity contribution is 5.35. The van der Waals surface area contributed by atoms with Gasteiger partial charge in [-0.05, 0) is 23.8 Å². The van der Waals surface area contributed by atoms with Gasteiger partial charge in [-0.2, -0.15) is 5.10 Å². The van der Waals surface area contributed by atoms with Gasteiger partial charge in [0, 0.05) is 31.2 Å². The molecule has 26 heavy (non-hydrogen) atoms. The molecule has 3 rings (SSSR count). The van der Waals surface area contributed by atoms with E-state index in [1.54, 1.807) is 0 Å². The van der Waals surface area contributed by atoms with E-state index in [1.165, 1.54) is 5.56 Å². The van der Waals surface area contributed by atoms with Crippen LogP contribution in [0.3, 0.4) is 0 Å². The van der Waals surface area contributed by atoms with Gasteiger partial charge < -0.3 is 4.74 Å². The monoisotopic (exact) mass is 359 g/mol. The number of nitrogens with zero attached hydrogens (tertiary/aromatic N) is 3. The van der Waals surface area contributed by atoms with Crippen molar-refractivity contribution in [3.63, 3.8) is 0 Å². The summed E-state index contributed by atoms with van der Waals surface area (Å²) in [6.45, 7) is 19.3. The molecule has 1 saturated heterocycles. The predicted octanol–water partition coefficient (Wildman–Crippen LogP) is 5.05. The second-order valence-corrected chi connectivity index (χ2v) is 6.95. The molecule has 0 saturated carbocycles. The molecule has 146 valence electrons. The second kappa shape index (κ2) is 11.1. The van der Waals surface area contributed by atoms with Crippen molar-refractivity contribution in [1.82, 2.24) is 14.7 Å². The lowest BCUT2D eigenvalue weighted by Crippen LogP contribution is -2.35. The topological polar surface area (TPSA) is 30.3 Å². The van der Waals surface area contributed by atoms with Crippen molar-refractivity contribution >= 4 is 0 Å². The van der Waals surface area contributed by atoms with Crippen molar-refractivity contribution < 1.29 is 4.74 Å². The Balaban J connectivity index is 0.000000791. The number of hydrogen-bond acceptors (Lipinski definition) is 3. The standard InChI is InChI=1S/C18H25N3O.2C2H6/c1-18(2,3)17-7-8-21(19-17)16-6-4-5-15(13-16)14-20-9-11-22-12-10-20;2*1-2/h4-8,13H,9-12,14H2,1-3H3;2*1-2H3. The van der Waals surface area contributed by atoms with Crippen LogP contribution in [0.2, 0.25) is 0 Å². The minimum absolute atomic E-state index is 0.0800. The summed E-state index contributed by atoms with van der Waals surface area (Å²) in [5.74, 6) is 0. The summed E-state index contributed by atoms with van der Waals surface area (Å²) in [7, 11) is 0. The Labute approximate surface area is 160 Å². The number of benzene rings is 1. The quantitative estimate of drug-likeness (QED) is 0.768. The minimum atomic E-state index is 0.0800. The van der Waals surface area contributed by atoms with E-state index in [9.17, 15) is 0 Å². The predicted molar refractivity (Wildman–Crippen MR) is 111 cm³/mol. The molecule has 0 bridgehead atoms. The molecule has 0 atom stereocenters. The van der Waals surface area contributed by atoms with Crippen molar-refractivity contribution in [2.45, 2.75) is 60.4 Å². The van der Waals surface area contributed by atoms with Crippen molar-refractivity contribution in [1.29, 1.82) is 0 Å². The fourth-order valence-electron chi connectivity index (χ4n) is 2.68. The molecule has 4 heteroatoms. The number of aromatic nitrogens is 2. The molecular formula is C22H37N3O. The van der Waals surface area contributed by atoms with Crippen LogP contribution >= 0.6 is 0 Å². The number of ether oxygens (including phenoxy) is 1. The molecule has 0 aliphatic carbocycles. The van der Waals surface area contributed by atoms with Crippen molar-refractivity contribution in [2.75, 3.05) is 26.3 Å². The highest BCUT2D eigenvalue weighted by Crippen LogP contribution is 2.21. The van der Waals surface area contributed by atoms with Gasteiger partial charge in [-0.3, -0.25) is 4.90 Å². The van der Waals surface area contributed by atoms with E-state index in [0.717, 1.165) is 44.2 Å². The third-order valence-electron chi connectivity index (χ3n) is 4.04. The summed E-state index contributed by atoms with van der Waals surface area (Å²) in [5, 5.41) is 4.72. The molecule has 0 N–H and O–H groups in total. The van der Waals surface area contributed by atoms with Gasteiger partial charge in [0.2, 0.25) is 0 Å². The van der Waals surface area contributed by atoms with E-state index in [-0.39, 0.29) is 5.41 Å². The Kier molecular flexibility index (Phi) is 9.60. The third-order valence-corrected chi connectivity index (χ3v) is 4.04. The van der Waals surface area contributed by atoms with Gasteiger partial charge in [-0.25, -0.2) is 4.68 Å². The van der Waals surface area contributed by atoms with Crippen LogP contribution in [0.4, 0.5) is 0 Å². The molecule has 0 radical (unpaired) electrons. The van der Waals surface area contributed by atoms with Crippen LogP contribution in [0, 0.1) is 0 Å². The minimum Gasteiger partial charge on any atom is -0.379 e. The molecule has 1 aromatic heterocycles. The molecule has 4 nitrogen and oxygen atoms in total. The number of hydrogen-bond donors (Lipinski definition) is 0. The summed E-state index contributed by atoms with van der Waals surface area (Å²) in [4.78, 5) is 2.44. The van der Waals surface area contributed by atoms with Crippen LogP contribution in [0.25, 0.3) is 5.69 Å². The van der Waals surface area contributed by atoms with E-state index in [2.05, 4.69) is 62.2 Å². The Bertz CT molecular complexity index is 622. The fraction of sp³-hybridized carbons (Fsp3) is 0.591. The largest absolute Gasteiger partial charge is 0.379 e. The first-order valence-electron chi connectivity index (χ1n) is 9.98. The number of rotatable bonds is 3. The average Bonchev–Trinajstić information content (AvgIpc) is 3.17. The molecule has 0 amide bonds. The zero-order valence-electron chi connectivity index (χ0n) is 17.7. The van der Waals surface area contributed by atoms with Gasteiger partial charge >= 0.3 is 0 Å². The zero-order valence-corrected chi connectivity index (χ0v) is 17.7. The maximum absolute atomic E-state index is 5.41.